The van der Waals surface area contributed by atoms with Crippen molar-refractivity contribution in [1.82, 2.24) is 0 Å². The van der Waals surface area contributed by atoms with E-state index in [9.17, 15) is 9.59 Å². The Balaban J connectivity index is 2.08. The van der Waals surface area contributed by atoms with Crippen LogP contribution in [-0.4, -0.2) is 31.6 Å². The fourth-order valence-corrected chi connectivity index (χ4v) is 2.29. The first-order valence-electron chi connectivity index (χ1n) is 6.97. The summed E-state index contributed by atoms with van der Waals surface area (Å²) >= 11 is 0. The summed E-state index contributed by atoms with van der Waals surface area (Å²) < 4.78 is 10.1. The zero-order valence-corrected chi connectivity index (χ0v) is 11.3. The SMILES string of the molecule is CCOC(=O)CC(=O)COCC1CCCCCC1. The van der Waals surface area contributed by atoms with E-state index in [4.69, 9.17) is 9.47 Å². The Morgan fingerprint density at radius 2 is 1.78 bits per heavy atom. The molecule has 18 heavy (non-hydrogen) atoms. The van der Waals surface area contributed by atoms with Gasteiger partial charge in [-0.05, 0) is 25.7 Å². The Hall–Kier alpha value is -0.900. The molecule has 0 saturated heterocycles. The minimum absolute atomic E-state index is 0.0370. The van der Waals surface area contributed by atoms with Crippen molar-refractivity contribution in [3.05, 3.63) is 0 Å². The summed E-state index contributed by atoms with van der Waals surface area (Å²) in [6, 6.07) is 0. The maximum absolute atomic E-state index is 11.4. The lowest BCUT2D eigenvalue weighted by Gasteiger charge is -2.13. The first-order valence-corrected chi connectivity index (χ1v) is 6.97. The predicted molar refractivity (Wildman–Crippen MR) is 68.3 cm³/mol. The van der Waals surface area contributed by atoms with Crippen LogP contribution in [0, 0.1) is 5.92 Å². The van der Waals surface area contributed by atoms with Crippen molar-refractivity contribution in [3.63, 3.8) is 0 Å². The van der Waals surface area contributed by atoms with Gasteiger partial charge in [0, 0.05) is 6.61 Å². The first kappa shape index (κ1) is 15.2. The van der Waals surface area contributed by atoms with Gasteiger partial charge in [0.25, 0.3) is 0 Å². The second kappa shape index (κ2) is 9.09. The highest BCUT2D eigenvalue weighted by atomic mass is 16.5. The monoisotopic (exact) mass is 256 g/mol. The normalized spacial score (nSPS) is 17.2. The molecular formula is C14H24O4. The number of ketones is 1. The van der Waals surface area contributed by atoms with Crippen LogP contribution < -0.4 is 0 Å². The molecule has 0 spiro atoms. The molecule has 1 aliphatic rings. The molecule has 0 aromatic rings. The molecule has 1 fully saturated rings. The molecule has 0 bridgehead atoms. The van der Waals surface area contributed by atoms with E-state index >= 15 is 0 Å². The molecule has 1 rings (SSSR count). The molecule has 0 aromatic heterocycles. The van der Waals surface area contributed by atoms with Crippen molar-refractivity contribution in [2.75, 3.05) is 19.8 Å². The quantitative estimate of drug-likeness (QED) is 0.399. The zero-order valence-electron chi connectivity index (χ0n) is 11.3. The summed E-state index contributed by atoms with van der Waals surface area (Å²) in [5.41, 5.74) is 0. The first-order chi connectivity index (χ1) is 8.72. The molecule has 4 heteroatoms. The van der Waals surface area contributed by atoms with E-state index in [1.807, 2.05) is 0 Å². The van der Waals surface area contributed by atoms with Crippen LogP contribution in [-0.2, 0) is 19.1 Å². The number of carbonyl (C=O) groups excluding carboxylic acids is 2. The van der Waals surface area contributed by atoms with E-state index < -0.39 is 5.97 Å². The van der Waals surface area contributed by atoms with Crippen LogP contribution in [0.4, 0.5) is 0 Å². The molecule has 0 N–H and O–H groups in total. The maximum Gasteiger partial charge on any atom is 0.313 e. The average Bonchev–Trinajstić information content (AvgIpc) is 2.58. The molecular weight excluding hydrogens is 232 g/mol. The Labute approximate surface area is 109 Å². The Morgan fingerprint density at radius 3 is 2.39 bits per heavy atom. The van der Waals surface area contributed by atoms with Crippen LogP contribution in [0.3, 0.4) is 0 Å². The summed E-state index contributed by atoms with van der Waals surface area (Å²) in [5, 5.41) is 0. The van der Waals surface area contributed by atoms with Crippen LogP contribution in [0.25, 0.3) is 0 Å². The van der Waals surface area contributed by atoms with E-state index in [2.05, 4.69) is 0 Å². The van der Waals surface area contributed by atoms with E-state index in [1.165, 1.54) is 38.5 Å². The van der Waals surface area contributed by atoms with Crippen LogP contribution in [0.2, 0.25) is 0 Å². The fraction of sp³-hybridized carbons (Fsp3) is 0.857. The van der Waals surface area contributed by atoms with Crippen LogP contribution in [0.15, 0.2) is 0 Å². The third-order valence-corrected chi connectivity index (χ3v) is 3.24. The number of hydrogen-bond acceptors (Lipinski definition) is 4. The van der Waals surface area contributed by atoms with E-state index in [1.54, 1.807) is 6.92 Å². The highest BCUT2D eigenvalue weighted by Crippen LogP contribution is 2.22. The van der Waals surface area contributed by atoms with Crippen molar-refractivity contribution in [3.8, 4) is 0 Å². The Kier molecular flexibility index (Phi) is 7.65. The summed E-state index contributed by atoms with van der Waals surface area (Å²) in [4.78, 5) is 22.5. The molecule has 1 saturated carbocycles. The number of esters is 1. The van der Waals surface area contributed by atoms with Crippen molar-refractivity contribution < 1.29 is 19.1 Å². The number of carbonyl (C=O) groups is 2. The Morgan fingerprint density at radius 1 is 1.11 bits per heavy atom. The number of hydrogen-bond donors (Lipinski definition) is 0. The van der Waals surface area contributed by atoms with E-state index in [-0.39, 0.29) is 18.8 Å². The van der Waals surface area contributed by atoms with Gasteiger partial charge in [-0.3, -0.25) is 9.59 Å². The van der Waals surface area contributed by atoms with E-state index in [0.717, 1.165) is 0 Å². The molecule has 0 unspecified atom stereocenters. The smallest absolute Gasteiger partial charge is 0.313 e. The van der Waals surface area contributed by atoms with Gasteiger partial charge in [0.05, 0.1) is 6.61 Å². The average molecular weight is 256 g/mol. The van der Waals surface area contributed by atoms with Gasteiger partial charge >= 0.3 is 5.97 Å². The van der Waals surface area contributed by atoms with Gasteiger partial charge in [-0.15, -0.1) is 0 Å². The van der Waals surface area contributed by atoms with Crippen molar-refractivity contribution in [1.29, 1.82) is 0 Å². The fourth-order valence-electron chi connectivity index (χ4n) is 2.29. The molecule has 0 aromatic carbocycles. The minimum atomic E-state index is -0.458. The third kappa shape index (κ3) is 6.74. The predicted octanol–water partition coefficient (Wildman–Crippen LogP) is 2.50. The third-order valence-electron chi connectivity index (χ3n) is 3.24. The highest BCUT2D eigenvalue weighted by molar-refractivity contribution is 5.96. The molecule has 0 amide bonds. The molecule has 4 nitrogen and oxygen atoms in total. The lowest BCUT2D eigenvalue weighted by Crippen LogP contribution is -2.18. The molecule has 0 atom stereocenters. The molecule has 1 aliphatic carbocycles. The lowest BCUT2D eigenvalue weighted by atomic mass is 10.0. The standard InChI is InChI=1S/C14H24O4/c1-2-18-14(16)9-13(15)11-17-10-12-7-5-3-4-6-8-12/h12H,2-11H2,1H3. The van der Waals surface area contributed by atoms with Gasteiger partial charge in [0.1, 0.15) is 13.0 Å². The number of Topliss-reactive ketones (excluding diaryl/α,β-unsaturated/α-hetero) is 1. The second-order valence-electron chi connectivity index (χ2n) is 4.89. The van der Waals surface area contributed by atoms with Gasteiger partial charge < -0.3 is 9.47 Å². The maximum atomic E-state index is 11.4. The minimum Gasteiger partial charge on any atom is -0.466 e. The van der Waals surface area contributed by atoms with Gasteiger partial charge in [0.15, 0.2) is 5.78 Å². The van der Waals surface area contributed by atoms with Crippen molar-refractivity contribution >= 4 is 11.8 Å². The molecule has 0 heterocycles. The summed E-state index contributed by atoms with van der Waals surface area (Å²) in [6.45, 7) is 2.73. The number of rotatable bonds is 7. The van der Waals surface area contributed by atoms with Crippen LogP contribution >= 0.6 is 0 Å². The Bertz CT molecular complexity index is 255. The van der Waals surface area contributed by atoms with Crippen LogP contribution in [0.1, 0.15) is 51.9 Å². The molecule has 104 valence electrons. The van der Waals surface area contributed by atoms with Crippen molar-refractivity contribution in [2.45, 2.75) is 51.9 Å². The largest absolute Gasteiger partial charge is 0.466 e. The summed E-state index contributed by atoms with van der Waals surface area (Å²) in [7, 11) is 0. The number of ether oxygens (including phenoxy) is 2. The zero-order chi connectivity index (χ0) is 13.2. The van der Waals surface area contributed by atoms with Gasteiger partial charge in [-0.25, -0.2) is 0 Å². The van der Waals surface area contributed by atoms with Gasteiger partial charge in [-0.2, -0.15) is 0 Å². The van der Waals surface area contributed by atoms with Gasteiger partial charge in [0.2, 0.25) is 0 Å². The topological polar surface area (TPSA) is 52.6 Å². The van der Waals surface area contributed by atoms with Crippen molar-refractivity contribution in [2.24, 2.45) is 5.92 Å². The highest BCUT2D eigenvalue weighted by Gasteiger charge is 2.14. The van der Waals surface area contributed by atoms with Gasteiger partial charge in [-0.1, -0.05) is 25.7 Å². The summed E-state index contributed by atoms with van der Waals surface area (Å²) in [6.07, 6.45) is 7.41. The van der Waals surface area contributed by atoms with E-state index in [0.29, 0.717) is 19.1 Å². The summed E-state index contributed by atoms with van der Waals surface area (Å²) in [5.74, 6) is -0.0643. The van der Waals surface area contributed by atoms with Crippen LogP contribution in [0.5, 0.6) is 0 Å². The second-order valence-corrected chi connectivity index (χ2v) is 4.89. The molecule has 0 aliphatic heterocycles. The molecule has 0 radical (unpaired) electrons. The lowest BCUT2D eigenvalue weighted by molar-refractivity contribution is -0.146.